The minimum absolute atomic E-state index is 0. The Balaban J connectivity index is 0.00000820. The van der Waals surface area contributed by atoms with Gasteiger partial charge in [-0.1, -0.05) is 138 Å². The molecule has 8 rings (SSSR count). The SMILES string of the molecule is [2H]c1nc(-c2[c-]c(-c3cccc4c3nc(-c3cc(C)cc(C)c3O)n4-c3ccc(-c4c(C(C)C)cccc4C([2H])(C)C)cc3C([2H])([2H])[2H])cc(C(C)(C)C)c2)c([2H])c(-c2c([2H])c([2H])c(C([2H])([2H])[2H])c([2H])c2[2H])c1[2H].[Pt]. The number of aromatic nitrogens is 3. The van der Waals surface area contributed by atoms with E-state index in [-0.39, 0.29) is 61.1 Å². The molecule has 0 fully saturated rings. The third kappa shape index (κ3) is 8.40. The summed E-state index contributed by atoms with van der Waals surface area (Å²) in [6, 6.07) is 22.7. The van der Waals surface area contributed by atoms with Crippen molar-refractivity contribution in [1.29, 1.82) is 0 Å². The van der Waals surface area contributed by atoms with E-state index in [9.17, 15) is 6.48 Å². The number of fused-ring (bicyclic) bond motifs is 1. The van der Waals surface area contributed by atoms with Gasteiger partial charge in [-0.25, -0.2) is 4.98 Å². The minimum Gasteiger partial charge on any atom is -0.507 e. The van der Waals surface area contributed by atoms with Crippen LogP contribution in [0.2, 0.25) is 0 Å². The minimum atomic E-state index is -3.00. The predicted molar refractivity (Wildman–Crippen MR) is 252 cm³/mol. The van der Waals surface area contributed by atoms with Gasteiger partial charge in [0.25, 0.3) is 0 Å². The molecule has 0 saturated carbocycles. The molecule has 5 heteroatoms. The summed E-state index contributed by atoms with van der Waals surface area (Å²) in [5.74, 6) is -0.786. The third-order valence-electron chi connectivity index (χ3n) is 10.9. The summed E-state index contributed by atoms with van der Waals surface area (Å²) in [7, 11) is 0. The molecular weight excluding hydrogens is 926 g/mol. The maximum Gasteiger partial charge on any atom is 0.148 e. The number of aryl methyl sites for hydroxylation is 3. The molecule has 2 aromatic heterocycles. The van der Waals surface area contributed by atoms with Gasteiger partial charge in [-0.3, -0.25) is 9.55 Å². The Morgan fingerprint density at radius 3 is 2.20 bits per heavy atom. The normalized spacial score (nSPS) is 15.6. The quantitative estimate of drug-likeness (QED) is 0.154. The van der Waals surface area contributed by atoms with Crippen molar-refractivity contribution in [1.82, 2.24) is 14.5 Å². The first-order valence-corrected chi connectivity index (χ1v) is 20.0. The number of pyridine rings is 1. The van der Waals surface area contributed by atoms with Gasteiger partial charge in [0, 0.05) is 42.5 Å². The molecule has 0 amide bonds. The molecule has 0 bridgehead atoms. The molecule has 312 valence electrons. The van der Waals surface area contributed by atoms with E-state index >= 15 is 0 Å². The summed E-state index contributed by atoms with van der Waals surface area (Å²) in [5.41, 5.74) is 5.36. The predicted octanol–water partition coefficient (Wildman–Crippen LogP) is 15.0. The Bertz CT molecular complexity index is 3570. The Labute approximate surface area is 396 Å². The van der Waals surface area contributed by atoms with E-state index in [0.29, 0.717) is 38.9 Å². The first-order chi connectivity index (χ1) is 34.2. The van der Waals surface area contributed by atoms with Crippen LogP contribution in [0.3, 0.4) is 0 Å². The Kier molecular flexibility index (Phi) is 8.07. The summed E-state index contributed by atoms with van der Waals surface area (Å²) in [6.45, 7) is 11.6. The molecule has 0 aliphatic rings. The van der Waals surface area contributed by atoms with Crippen LogP contribution in [0.4, 0.5) is 0 Å². The van der Waals surface area contributed by atoms with E-state index in [4.69, 9.17) is 22.8 Å². The van der Waals surface area contributed by atoms with Gasteiger partial charge in [0.2, 0.25) is 0 Å². The number of imidazole rings is 1. The van der Waals surface area contributed by atoms with Crippen molar-refractivity contribution >= 4 is 11.0 Å². The second kappa shape index (κ2) is 17.1. The first kappa shape index (κ1) is 28.9. The van der Waals surface area contributed by atoms with Gasteiger partial charge < -0.3 is 5.11 Å². The van der Waals surface area contributed by atoms with Crippen LogP contribution in [0.1, 0.15) is 118 Å². The summed E-state index contributed by atoms with van der Waals surface area (Å²) >= 11 is 0. The van der Waals surface area contributed by atoms with Crippen LogP contribution in [0.15, 0.2) is 121 Å². The number of benzene rings is 6. The zero-order valence-electron chi connectivity index (χ0n) is 49.7. The van der Waals surface area contributed by atoms with E-state index < -0.39 is 84.1 Å². The number of rotatable bonds is 8. The number of phenols is 1. The Morgan fingerprint density at radius 1 is 0.754 bits per heavy atom. The van der Waals surface area contributed by atoms with Crippen molar-refractivity contribution < 1.29 is 45.4 Å². The molecule has 0 saturated heterocycles. The van der Waals surface area contributed by atoms with Crippen molar-refractivity contribution in [2.24, 2.45) is 0 Å². The van der Waals surface area contributed by atoms with E-state index in [1.807, 2.05) is 70.2 Å². The fourth-order valence-corrected chi connectivity index (χ4v) is 7.83. The van der Waals surface area contributed by atoms with Crippen LogP contribution < -0.4 is 0 Å². The van der Waals surface area contributed by atoms with Gasteiger partial charge in [0.1, 0.15) is 11.6 Å². The largest absolute Gasteiger partial charge is 0.507 e. The zero-order chi connectivity index (χ0) is 54.6. The second-order valence-electron chi connectivity index (χ2n) is 17.0. The fourth-order valence-electron chi connectivity index (χ4n) is 7.83. The van der Waals surface area contributed by atoms with Gasteiger partial charge in [-0.2, -0.15) is 0 Å². The smallest absolute Gasteiger partial charge is 0.148 e. The monoisotopic (exact) mass is 995 g/mol. The van der Waals surface area contributed by atoms with Crippen molar-refractivity contribution in [2.45, 2.75) is 93.2 Å². The van der Waals surface area contributed by atoms with E-state index in [1.165, 1.54) is 0 Å². The fraction of sp³-hybridized carbons (Fsp3) is 0.250. The standard InChI is InChI=1S/C56H56N3O.Pt/c1-33(2)45-14-12-15-46(34(3)4)52(45)41-22-23-50(37(7)28-41)59-51-17-13-16-47(53(51)58-55(59)48-27-36(6)26-38(8)54(48)60)42-29-43(31-44(30-42)56(9,10)11)49-32-40(24-25-57-49)39-20-18-35(5)19-21-39;/h12-28,30-34,60H,1-11H3;/q-1;/i5D3,7D3,18D,19D,20D,21D,24D,25D,32D,33D;. The number of hydrogen-bond donors (Lipinski definition) is 1. The molecule has 4 nitrogen and oxygen atoms in total. The van der Waals surface area contributed by atoms with E-state index in [1.54, 1.807) is 61.7 Å². The molecule has 8 aromatic rings. The number of phenolic OH excluding ortho intramolecular Hbond substituents is 1. The van der Waals surface area contributed by atoms with Gasteiger partial charge in [-0.15, -0.1) is 29.3 Å². The molecule has 6 aromatic carbocycles. The average molecular weight is 996 g/mol. The van der Waals surface area contributed by atoms with Crippen LogP contribution in [-0.2, 0) is 26.5 Å². The van der Waals surface area contributed by atoms with Crippen molar-refractivity contribution in [3.8, 4) is 67.5 Å². The molecule has 0 radical (unpaired) electrons. The molecule has 0 atom stereocenters. The van der Waals surface area contributed by atoms with Crippen LogP contribution in [0.5, 0.6) is 5.75 Å². The molecule has 2 heterocycles. The first-order valence-electron chi connectivity index (χ1n) is 27.0. The molecule has 0 spiro atoms. The molecule has 0 unspecified atom stereocenters. The molecular formula is C56H56N3OPt-. The maximum absolute atomic E-state index is 11.8. The second-order valence-corrected chi connectivity index (χ2v) is 17.0. The molecule has 1 N–H and O–H groups in total. The summed E-state index contributed by atoms with van der Waals surface area (Å²) < 4.78 is 124. The van der Waals surface area contributed by atoms with Crippen molar-refractivity contribution in [3.63, 3.8) is 0 Å². The topological polar surface area (TPSA) is 50.9 Å². The number of para-hydroxylation sites is 1. The van der Waals surface area contributed by atoms with Gasteiger partial charge in [0.05, 0.1) is 31.9 Å². The van der Waals surface area contributed by atoms with E-state index in [2.05, 4.69) is 24.9 Å². The summed E-state index contributed by atoms with van der Waals surface area (Å²) in [5, 5.41) is 11.8. The Morgan fingerprint density at radius 2 is 1.49 bits per heavy atom. The Hall–Kier alpha value is -5.57. The van der Waals surface area contributed by atoms with Crippen molar-refractivity contribution in [2.75, 3.05) is 0 Å². The zero-order valence-corrected chi connectivity index (χ0v) is 38.0. The molecule has 61 heavy (non-hydrogen) atoms. The third-order valence-corrected chi connectivity index (χ3v) is 10.9. The van der Waals surface area contributed by atoms with Crippen molar-refractivity contribution in [3.05, 3.63) is 166 Å². The number of hydrogen-bond acceptors (Lipinski definition) is 3. The summed E-state index contributed by atoms with van der Waals surface area (Å²) in [4.78, 5) is 9.64. The average Bonchev–Trinajstić information content (AvgIpc) is 3.69. The van der Waals surface area contributed by atoms with Gasteiger partial charge >= 0.3 is 0 Å². The summed E-state index contributed by atoms with van der Waals surface area (Å²) in [6.07, 6.45) is -0.638. The van der Waals surface area contributed by atoms with Crippen LogP contribution in [0, 0.1) is 33.6 Å². The van der Waals surface area contributed by atoms with E-state index in [0.717, 1.165) is 27.8 Å². The number of aromatic hydroxyl groups is 1. The van der Waals surface area contributed by atoms with Crippen LogP contribution >= 0.6 is 0 Å². The molecule has 0 aliphatic heterocycles. The van der Waals surface area contributed by atoms with Gasteiger partial charge in [0.15, 0.2) is 0 Å². The van der Waals surface area contributed by atoms with Crippen LogP contribution in [0.25, 0.3) is 72.7 Å². The number of nitrogens with zero attached hydrogens (tertiary/aromatic N) is 3. The maximum atomic E-state index is 11.8. The van der Waals surface area contributed by atoms with Crippen LogP contribution in [-0.4, -0.2) is 19.6 Å². The molecule has 0 aliphatic carbocycles. The van der Waals surface area contributed by atoms with Gasteiger partial charge in [-0.05, 0) is 125 Å².